The van der Waals surface area contributed by atoms with E-state index in [4.69, 9.17) is 4.63 Å². The average molecular weight is 418 g/mol. The fraction of sp³-hybridized carbons (Fsp3) is 0.600. The van der Waals surface area contributed by atoms with Crippen molar-refractivity contribution in [3.05, 3.63) is 23.9 Å². The van der Waals surface area contributed by atoms with Crippen LogP contribution in [-0.2, 0) is 10.0 Å². The van der Waals surface area contributed by atoms with E-state index in [9.17, 15) is 8.42 Å². The molecule has 0 saturated carbocycles. The van der Waals surface area contributed by atoms with E-state index >= 15 is 0 Å². The molecule has 2 fully saturated rings. The maximum atomic E-state index is 12.0. The molecule has 0 aliphatic carbocycles. The summed E-state index contributed by atoms with van der Waals surface area (Å²) < 4.78 is 30.4. The summed E-state index contributed by atoms with van der Waals surface area (Å²) in [5.74, 6) is 0.682. The van der Waals surface area contributed by atoms with E-state index in [2.05, 4.69) is 26.2 Å². The molecule has 2 aromatic rings. The molecule has 9 heteroatoms. The molecule has 8 nitrogen and oxygen atoms in total. The van der Waals surface area contributed by atoms with E-state index < -0.39 is 10.0 Å². The van der Waals surface area contributed by atoms with Crippen LogP contribution in [-0.4, -0.2) is 73.5 Å². The number of aromatic nitrogens is 2. The number of hydrogen-bond donors (Lipinski definition) is 0. The monoisotopic (exact) mass is 417 g/mol. The lowest BCUT2D eigenvalue weighted by Gasteiger charge is -2.42. The first-order chi connectivity index (χ1) is 14.0. The zero-order valence-corrected chi connectivity index (χ0v) is 17.6. The normalized spacial score (nSPS) is 21.6. The Morgan fingerprint density at radius 3 is 2.66 bits per heavy atom. The molecule has 29 heavy (non-hydrogen) atoms. The third-order valence-electron chi connectivity index (χ3n) is 6.28. The second-order valence-electron chi connectivity index (χ2n) is 8.54. The van der Waals surface area contributed by atoms with Crippen LogP contribution < -0.4 is 4.90 Å². The predicted molar refractivity (Wildman–Crippen MR) is 112 cm³/mol. The van der Waals surface area contributed by atoms with Crippen molar-refractivity contribution in [3.8, 4) is 0 Å². The Hall–Kier alpha value is -2.13. The van der Waals surface area contributed by atoms with Gasteiger partial charge >= 0.3 is 0 Å². The molecular formula is C20H27N5O3S. The van der Waals surface area contributed by atoms with Crippen molar-refractivity contribution < 1.29 is 13.0 Å². The van der Waals surface area contributed by atoms with Gasteiger partial charge in [-0.05, 0) is 72.4 Å². The number of allylic oxidation sites excluding steroid dienone is 1. The van der Waals surface area contributed by atoms with E-state index in [1.807, 2.05) is 6.07 Å². The average Bonchev–Trinajstić information content (AvgIpc) is 3.34. The molecule has 156 valence electrons. The second kappa shape index (κ2) is 7.28. The van der Waals surface area contributed by atoms with Gasteiger partial charge in [0.2, 0.25) is 10.0 Å². The van der Waals surface area contributed by atoms with Crippen molar-refractivity contribution >= 4 is 32.3 Å². The lowest BCUT2D eigenvalue weighted by molar-refractivity contribution is 0.247. The maximum Gasteiger partial charge on any atom is 0.231 e. The lowest BCUT2D eigenvalue weighted by Crippen LogP contribution is -2.51. The highest BCUT2D eigenvalue weighted by molar-refractivity contribution is 7.88. The maximum absolute atomic E-state index is 12.0. The first kappa shape index (κ1) is 18.9. The fourth-order valence-electron chi connectivity index (χ4n) is 4.72. The summed E-state index contributed by atoms with van der Waals surface area (Å²) in [6, 6.07) is 4.07. The molecule has 0 spiro atoms. The summed E-state index contributed by atoms with van der Waals surface area (Å²) in [6.45, 7) is 6.19. The highest BCUT2D eigenvalue weighted by Crippen LogP contribution is 2.36. The minimum Gasteiger partial charge on any atom is -0.369 e. The molecule has 0 amide bonds. The Morgan fingerprint density at radius 1 is 1.10 bits per heavy atom. The topological polar surface area (TPSA) is 82.8 Å². The molecule has 0 unspecified atom stereocenters. The molecular weight excluding hydrogens is 390 g/mol. The minimum absolute atomic E-state index is 0.535. The number of benzene rings is 1. The number of sulfonamides is 1. The summed E-state index contributed by atoms with van der Waals surface area (Å²) in [4.78, 5) is 4.91. The molecule has 0 bridgehead atoms. The predicted octanol–water partition coefficient (Wildman–Crippen LogP) is 2.15. The highest BCUT2D eigenvalue weighted by atomic mass is 32.2. The van der Waals surface area contributed by atoms with Gasteiger partial charge in [0.25, 0.3) is 0 Å². The van der Waals surface area contributed by atoms with Crippen molar-refractivity contribution in [1.29, 1.82) is 0 Å². The molecule has 3 aliphatic rings. The van der Waals surface area contributed by atoms with Gasteiger partial charge in [-0.25, -0.2) is 13.0 Å². The van der Waals surface area contributed by atoms with Crippen molar-refractivity contribution in [1.82, 2.24) is 19.5 Å². The Balaban J connectivity index is 1.40. The van der Waals surface area contributed by atoms with E-state index in [0.29, 0.717) is 12.5 Å². The van der Waals surface area contributed by atoms with Crippen LogP contribution in [0.5, 0.6) is 0 Å². The largest absolute Gasteiger partial charge is 0.369 e. The van der Waals surface area contributed by atoms with Crippen LogP contribution in [0.25, 0.3) is 16.6 Å². The number of likely N-dealkylation sites (tertiary alicyclic amines) is 1. The Labute approximate surface area is 171 Å². The van der Waals surface area contributed by atoms with Gasteiger partial charge in [-0.1, -0.05) is 0 Å². The van der Waals surface area contributed by atoms with Gasteiger partial charge in [0.05, 0.1) is 11.9 Å². The van der Waals surface area contributed by atoms with Crippen LogP contribution in [0.2, 0.25) is 0 Å². The number of hydrogen-bond acceptors (Lipinski definition) is 7. The van der Waals surface area contributed by atoms with E-state index in [1.54, 1.807) is 6.20 Å². The number of anilines is 1. The van der Waals surface area contributed by atoms with Crippen molar-refractivity contribution in [2.24, 2.45) is 5.92 Å². The number of nitrogens with zero attached hydrogens (tertiary/aromatic N) is 5. The zero-order chi connectivity index (χ0) is 20.0. The molecule has 0 N–H and O–H groups in total. The van der Waals surface area contributed by atoms with Crippen LogP contribution in [0, 0.1) is 5.92 Å². The smallest absolute Gasteiger partial charge is 0.231 e. The summed E-state index contributed by atoms with van der Waals surface area (Å²) >= 11 is 0. The van der Waals surface area contributed by atoms with E-state index in [1.165, 1.54) is 43.0 Å². The van der Waals surface area contributed by atoms with Gasteiger partial charge in [-0.15, -0.1) is 0 Å². The molecule has 4 heterocycles. The Kier molecular flexibility index (Phi) is 4.74. The summed E-state index contributed by atoms with van der Waals surface area (Å²) in [5, 5.41) is 8.19. The van der Waals surface area contributed by atoms with E-state index in [0.717, 1.165) is 53.8 Å². The third-order valence-corrected chi connectivity index (χ3v) is 7.42. The quantitative estimate of drug-likeness (QED) is 0.737. The summed E-state index contributed by atoms with van der Waals surface area (Å²) in [5.41, 5.74) is 4.55. The number of rotatable bonds is 5. The Bertz CT molecular complexity index is 1040. The standard InChI is InChI=1S/C20H27N5O3S/c1-29(26,27)25-8-4-5-16(14-25)17-9-18-20(22-28-21-18)19(10-17)24-12-15(13-24)11-23-6-2-3-7-23/h9-10,14-15H,2-8,11-13H2,1H3. The molecule has 2 saturated heterocycles. The number of fused-ring (bicyclic) bond motifs is 1. The SMILES string of the molecule is CS(=O)(=O)N1C=C(c2cc(N3CC(CN4CCCC4)C3)c3nonc3c2)CCC1. The van der Waals surface area contributed by atoms with Crippen LogP contribution in [0.3, 0.4) is 0 Å². The molecule has 0 atom stereocenters. The van der Waals surface area contributed by atoms with Gasteiger partial charge < -0.3 is 9.80 Å². The van der Waals surface area contributed by atoms with Gasteiger partial charge in [-0.3, -0.25) is 4.31 Å². The first-order valence-electron chi connectivity index (χ1n) is 10.4. The zero-order valence-electron chi connectivity index (χ0n) is 16.7. The van der Waals surface area contributed by atoms with Crippen LogP contribution in [0.4, 0.5) is 5.69 Å². The van der Waals surface area contributed by atoms with Crippen molar-refractivity contribution in [2.75, 3.05) is 50.4 Å². The minimum atomic E-state index is -3.24. The molecule has 1 aromatic heterocycles. The Morgan fingerprint density at radius 2 is 1.90 bits per heavy atom. The fourth-order valence-corrected chi connectivity index (χ4v) is 5.50. The van der Waals surface area contributed by atoms with Gasteiger partial charge in [0.1, 0.15) is 5.52 Å². The lowest BCUT2D eigenvalue weighted by atomic mass is 9.95. The van der Waals surface area contributed by atoms with Crippen molar-refractivity contribution in [2.45, 2.75) is 25.7 Å². The van der Waals surface area contributed by atoms with E-state index in [-0.39, 0.29) is 0 Å². The van der Waals surface area contributed by atoms with Gasteiger partial charge in [0.15, 0.2) is 5.52 Å². The highest BCUT2D eigenvalue weighted by Gasteiger charge is 2.31. The summed E-state index contributed by atoms with van der Waals surface area (Å²) in [6.07, 6.45) is 7.32. The van der Waals surface area contributed by atoms with Gasteiger partial charge in [-0.2, -0.15) is 0 Å². The molecule has 5 rings (SSSR count). The second-order valence-corrected chi connectivity index (χ2v) is 10.5. The first-order valence-corrected chi connectivity index (χ1v) is 12.2. The van der Waals surface area contributed by atoms with Crippen molar-refractivity contribution in [3.63, 3.8) is 0 Å². The van der Waals surface area contributed by atoms with Crippen LogP contribution in [0.1, 0.15) is 31.2 Å². The third kappa shape index (κ3) is 3.73. The summed E-state index contributed by atoms with van der Waals surface area (Å²) in [7, 11) is -3.24. The molecule has 1 aromatic carbocycles. The molecule has 3 aliphatic heterocycles. The van der Waals surface area contributed by atoms with Crippen LogP contribution in [0.15, 0.2) is 23.0 Å². The van der Waals surface area contributed by atoms with Gasteiger partial charge in [0, 0.05) is 38.3 Å². The van der Waals surface area contributed by atoms with Crippen LogP contribution >= 0.6 is 0 Å². The molecule has 0 radical (unpaired) electrons.